The Morgan fingerprint density at radius 1 is 1.11 bits per heavy atom. The van der Waals surface area contributed by atoms with Crippen LogP contribution in [-0.4, -0.2) is 21.1 Å². The van der Waals surface area contributed by atoms with E-state index in [1.165, 1.54) is 5.56 Å². The van der Waals surface area contributed by atoms with Crippen molar-refractivity contribution in [3.63, 3.8) is 0 Å². The number of thioether (sulfide) groups is 1. The highest BCUT2D eigenvalue weighted by Gasteiger charge is 2.12. The van der Waals surface area contributed by atoms with E-state index in [1.807, 2.05) is 18.2 Å². The summed E-state index contributed by atoms with van der Waals surface area (Å²) in [5.74, 6) is 1.59. The van der Waals surface area contributed by atoms with E-state index in [2.05, 4.69) is 50.3 Å². The van der Waals surface area contributed by atoms with Gasteiger partial charge in [0, 0.05) is 22.2 Å². The first-order valence-corrected chi connectivity index (χ1v) is 10.9. The molecule has 8 heteroatoms. The first-order chi connectivity index (χ1) is 13.1. The molecule has 0 aliphatic carbocycles. The van der Waals surface area contributed by atoms with Crippen LogP contribution in [-0.2, 0) is 12.2 Å². The normalized spacial score (nSPS) is 11.4. The highest BCUT2D eigenvalue weighted by molar-refractivity contribution is 9.10. The van der Waals surface area contributed by atoms with Crippen LogP contribution in [0.1, 0.15) is 30.3 Å². The first-order valence-electron chi connectivity index (χ1n) is 8.38. The highest BCUT2D eigenvalue weighted by Crippen LogP contribution is 2.25. The van der Waals surface area contributed by atoms with Gasteiger partial charge in [-0.3, -0.25) is 0 Å². The van der Waals surface area contributed by atoms with E-state index >= 15 is 0 Å². The summed E-state index contributed by atoms with van der Waals surface area (Å²) in [6.45, 7) is 2.10. The Morgan fingerprint density at radius 3 is 2.48 bits per heavy atom. The summed E-state index contributed by atoms with van der Waals surface area (Å²) in [7, 11) is 0. The summed E-state index contributed by atoms with van der Waals surface area (Å²) >= 11 is 17.5. The van der Waals surface area contributed by atoms with Crippen molar-refractivity contribution in [3.05, 3.63) is 73.9 Å². The fraction of sp³-hybridized carbons (Fsp3) is 0.211. The van der Waals surface area contributed by atoms with Crippen molar-refractivity contribution in [1.29, 1.82) is 0 Å². The molecule has 0 unspecified atom stereocenters. The van der Waals surface area contributed by atoms with Crippen LogP contribution in [0.4, 0.5) is 0 Å². The maximum atomic E-state index is 6.24. The number of hydrogen-bond acceptors (Lipinski definition) is 4. The minimum atomic E-state index is 0.556. The number of benzene rings is 2. The monoisotopic (exact) mass is 482 g/mol. The summed E-state index contributed by atoms with van der Waals surface area (Å²) in [6.07, 6.45) is 3.41. The van der Waals surface area contributed by atoms with Gasteiger partial charge in [-0.2, -0.15) is 9.78 Å². The molecule has 2 aromatic carbocycles. The molecule has 0 N–H and O–H groups in total. The molecule has 0 amide bonds. The summed E-state index contributed by atoms with van der Waals surface area (Å²) in [5.41, 5.74) is 1.88. The third-order valence-corrected chi connectivity index (χ3v) is 5.91. The van der Waals surface area contributed by atoms with E-state index in [4.69, 9.17) is 23.2 Å². The Labute approximate surface area is 181 Å². The van der Waals surface area contributed by atoms with Crippen LogP contribution in [0.2, 0.25) is 10.0 Å². The molecule has 0 saturated carbocycles. The number of aromatic nitrogens is 3. The van der Waals surface area contributed by atoms with E-state index in [1.54, 1.807) is 34.8 Å². The van der Waals surface area contributed by atoms with Crippen molar-refractivity contribution in [2.24, 2.45) is 5.10 Å². The Morgan fingerprint density at radius 2 is 1.81 bits per heavy atom. The molecule has 0 aliphatic rings. The summed E-state index contributed by atoms with van der Waals surface area (Å²) < 4.78 is 2.83. The van der Waals surface area contributed by atoms with Gasteiger partial charge in [-0.1, -0.05) is 76.0 Å². The van der Waals surface area contributed by atoms with Crippen LogP contribution in [0, 0.1) is 0 Å². The van der Waals surface area contributed by atoms with Crippen LogP contribution in [0.25, 0.3) is 0 Å². The van der Waals surface area contributed by atoms with Crippen molar-refractivity contribution in [3.8, 4) is 0 Å². The van der Waals surface area contributed by atoms with Gasteiger partial charge < -0.3 is 0 Å². The van der Waals surface area contributed by atoms with Gasteiger partial charge in [0.1, 0.15) is 0 Å². The molecule has 1 heterocycles. The van der Waals surface area contributed by atoms with Crippen molar-refractivity contribution >= 4 is 57.1 Å². The third-order valence-electron chi connectivity index (χ3n) is 3.73. The van der Waals surface area contributed by atoms with Crippen LogP contribution < -0.4 is 0 Å². The second-order valence-electron chi connectivity index (χ2n) is 5.76. The average Bonchev–Trinajstić information content (AvgIpc) is 3.03. The number of rotatable bonds is 7. The predicted octanol–water partition coefficient (Wildman–Crippen LogP) is 6.47. The van der Waals surface area contributed by atoms with Crippen molar-refractivity contribution in [2.75, 3.05) is 0 Å². The maximum absolute atomic E-state index is 6.24. The standard InChI is InChI=1S/C19H17BrCl2N4S/c1-2-4-18-24-25-19(27-12-13-7-9-14(20)10-8-13)26(18)23-11-15-16(21)5-3-6-17(15)22/h3,5-11H,2,4,12H2,1H3/b23-11+. The lowest BCUT2D eigenvalue weighted by molar-refractivity contribution is 0.700. The van der Waals surface area contributed by atoms with Crippen LogP contribution in [0.15, 0.2) is 57.2 Å². The average molecular weight is 484 g/mol. The molecule has 27 heavy (non-hydrogen) atoms. The Hall–Kier alpha value is -1.34. The summed E-state index contributed by atoms with van der Waals surface area (Å²) in [6, 6.07) is 13.6. The van der Waals surface area contributed by atoms with Crippen molar-refractivity contribution < 1.29 is 0 Å². The van der Waals surface area contributed by atoms with Gasteiger partial charge in [0.15, 0.2) is 5.82 Å². The highest BCUT2D eigenvalue weighted by atomic mass is 79.9. The van der Waals surface area contributed by atoms with Gasteiger partial charge in [-0.15, -0.1) is 10.2 Å². The maximum Gasteiger partial charge on any atom is 0.212 e. The third kappa shape index (κ3) is 5.35. The quantitative estimate of drug-likeness (QED) is 0.285. The lowest BCUT2D eigenvalue weighted by Gasteiger charge is -2.05. The van der Waals surface area contributed by atoms with Crippen LogP contribution >= 0.6 is 50.9 Å². The van der Waals surface area contributed by atoms with Crippen LogP contribution in [0.3, 0.4) is 0 Å². The van der Waals surface area contributed by atoms with Gasteiger partial charge in [0.2, 0.25) is 5.16 Å². The molecule has 0 radical (unpaired) electrons. The lowest BCUT2D eigenvalue weighted by Crippen LogP contribution is -2.01. The SMILES string of the molecule is CCCc1nnc(SCc2ccc(Br)cc2)n1/N=C/c1c(Cl)cccc1Cl. The lowest BCUT2D eigenvalue weighted by atomic mass is 10.2. The zero-order valence-corrected chi connectivity index (χ0v) is 18.5. The molecule has 3 rings (SSSR count). The van der Waals surface area contributed by atoms with Crippen molar-refractivity contribution in [2.45, 2.75) is 30.7 Å². The summed E-state index contributed by atoms with van der Waals surface area (Å²) in [5, 5.41) is 15.0. The smallest absolute Gasteiger partial charge is 0.191 e. The van der Waals surface area contributed by atoms with Crippen molar-refractivity contribution in [1.82, 2.24) is 14.9 Å². The second-order valence-corrected chi connectivity index (χ2v) is 8.43. The van der Waals surface area contributed by atoms with E-state index in [9.17, 15) is 0 Å². The zero-order valence-electron chi connectivity index (χ0n) is 14.6. The first kappa shape index (κ1) is 20.4. The molecule has 0 bridgehead atoms. The van der Waals surface area contributed by atoms with Gasteiger partial charge in [-0.25, -0.2) is 0 Å². The number of hydrogen-bond donors (Lipinski definition) is 0. The Balaban J connectivity index is 1.85. The molecular weight excluding hydrogens is 467 g/mol. The molecule has 0 spiro atoms. The molecule has 140 valence electrons. The van der Waals surface area contributed by atoms with Gasteiger partial charge >= 0.3 is 0 Å². The van der Waals surface area contributed by atoms with E-state index < -0.39 is 0 Å². The fourth-order valence-corrected chi connectivity index (χ4v) is 3.98. The van der Waals surface area contributed by atoms with Gasteiger partial charge in [0.25, 0.3) is 0 Å². The van der Waals surface area contributed by atoms with E-state index in [0.29, 0.717) is 15.6 Å². The molecule has 3 aromatic rings. The zero-order chi connectivity index (χ0) is 19.2. The molecule has 0 fully saturated rings. The van der Waals surface area contributed by atoms with Gasteiger partial charge in [0.05, 0.1) is 16.3 Å². The van der Waals surface area contributed by atoms with E-state index in [0.717, 1.165) is 34.0 Å². The number of aryl methyl sites for hydroxylation is 1. The molecular formula is C19H17BrCl2N4S. The van der Waals surface area contributed by atoms with Gasteiger partial charge in [-0.05, 0) is 36.2 Å². The molecule has 0 atom stereocenters. The summed E-state index contributed by atoms with van der Waals surface area (Å²) in [4.78, 5) is 0. The molecule has 0 saturated heterocycles. The molecule has 4 nitrogen and oxygen atoms in total. The number of nitrogens with zero attached hydrogens (tertiary/aromatic N) is 4. The molecule has 1 aromatic heterocycles. The Bertz CT molecular complexity index is 921. The topological polar surface area (TPSA) is 43.1 Å². The fourth-order valence-electron chi connectivity index (χ4n) is 2.36. The van der Waals surface area contributed by atoms with E-state index in [-0.39, 0.29) is 0 Å². The second kappa shape index (κ2) is 9.73. The Kier molecular flexibility index (Phi) is 7.35. The minimum Gasteiger partial charge on any atom is -0.191 e. The number of halogens is 3. The molecule has 0 aliphatic heterocycles. The predicted molar refractivity (Wildman–Crippen MR) is 117 cm³/mol. The van der Waals surface area contributed by atoms with Crippen LogP contribution in [0.5, 0.6) is 0 Å². The largest absolute Gasteiger partial charge is 0.212 e. The minimum absolute atomic E-state index is 0.556.